The van der Waals surface area contributed by atoms with Crippen molar-refractivity contribution in [2.75, 3.05) is 5.32 Å². The number of nitrogens with one attached hydrogen (secondary N) is 1. The number of benzene rings is 1. The van der Waals surface area contributed by atoms with E-state index in [4.69, 9.17) is 4.74 Å². The Morgan fingerprint density at radius 3 is 2.73 bits per heavy atom. The highest BCUT2D eigenvalue weighted by Crippen LogP contribution is 2.28. The number of amides is 1. The molecule has 22 heavy (non-hydrogen) atoms. The number of thiophene rings is 1. The average molecular weight is 330 g/mol. The number of carbonyl (C=O) groups excluding carboxylic acids is 1. The molecule has 0 aliphatic carbocycles. The molecule has 2 heterocycles. The topological polar surface area (TPSA) is 51.2 Å². The van der Waals surface area contributed by atoms with Gasteiger partial charge in [-0.25, -0.2) is 4.98 Å². The summed E-state index contributed by atoms with van der Waals surface area (Å²) in [6.07, 6.45) is -0.587. The molecule has 0 bridgehead atoms. The summed E-state index contributed by atoms with van der Waals surface area (Å²) >= 11 is 3.03. The molecule has 3 aromatic rings. The fourth-order valence-corrected chi connectivity index (χ4v) is 3.31. The predicted octanol–water partition coefficient (Wildman–Crippen LogP) is 4.28. The Morgan fingerprint density at radius 1 is 1.18 bits per heavy atom. The van der Waals surface area contributed by atoms with E-state index >= 15 is 0 Å². The maximum absolute atomic E-state index is 12.1. The second-order valence-electron chi connectivity index (χ2n) is 4.58. The maximum atomic E-state index is 12.1. The summed E-state index contributed by atoms with van der Waals surface area (Å²) in [5, 5.41) is 7.31. The molecule has 1 aromatic carbocycles. The Balaban J connectivity index is 1.62. The lowest BCUT2D eigenvalue weighted by Crippen LogP contribution is -2.30. The van der Waals surface area contributed by atoms with E-state index in [1.54, 1.807) is 18.3 Å². The van der Waals surface area contributed by atoms with Crippen LogP contribution in [-0.2, 0) is 4.79 Å². The largest absolute Gasteiger partial charge is 0.481 e. The number of hydrogen-bond donors (Lipinski definition) is 1. The number of carbonyl (C=O) groups is 1. The summed E-state index contributed by atoms with van der Waals surface area (Å²) in [5.74, 6) is 0.458. The van der Waals surface area contributed by atoms with E-state index in [0.29, 0.717) is 10.9 Å². The zero-order valence-electron chi connectivity index (χ0n) is 11.9. The fraction of sp³-hybridized carbons (Fsp3) is 0.125. The predicted molar refractivity (Wildman–Crippen MR) is 90.6 cm³/mol. The van der Waals surface area contributed by atoms with Crippen LogP contribution in [0, 0.1) is 0 Å². The molecule has 0 unspecified atom stereocenters. The van der Waals surface area contributed by atoms with Crippen molar-refractivity contribution < 1.29 is 9.53 Å². The van der Waals surface area contributed by atoms with Crippen molar-refractivity contribution in [1.29, 1.82) is 0 Å². The van der Waals surface area contributed by atoms with Gasteiger partial charge in [0, 0.05) is 5.38 Å². The van der Waals surface area contributed by atoms with E-state index in [-0.39, 0.29) is 5.91 Å². The van der Waals surface area contributed by atoms with Crippen LogP contribution in [-0.4, -0.2) is 17.0 Å². The molecule has 112 valence electrons. The summed E-state index contributed by atoms with van der Waals surface area (Å²) in [7, 11) is 0. The summed E-state index contributed by atoms with van der Waals surface area (Å²) in [4.78, 5) is 17.7. The van der Waals surface area contributed by atoms with Gasteiger partial charge < -0.3 is 4.74 Å². The Hall–Kier alpha value is -2.18. The molecule has 6 heteroatoms. The maximum Gasteiger partial charge on any atom is 0.266 e. The Kier molecular flexibility index (Phi) is 4.50. The lowest BCUT2D eigenvalue weighted by molar-refractivity contribution is -0.122. The van der Waals surface area contributed by atoms with Crippen LogP contribution in [0.1, 0.15) is 6.92 Å². The molecule has 0 saturated carbocycles. The van der Waals surface area contributed by atoms with Crippen LogP contribution in [0.15, 0.2) is 53.2 Å². The third-order valence-corrected chi connectivity index (χ3v) is 4.58. The lowest BCUT2D eigenvalue weighted by Gasteiger charge is -2.13. The smallest absolute Gasteiger partial charge is 0.266 e. The number of ether oxygens (including phenoxy) is 1. The summed E-state index contributed by atoms with van der Waals surface area (Å²) < 4.78 is 5.59. The fourth-order valence-electron chi connectivity index (χ4n) is 1.83. The van der Waals surface area contributed by atoms with Gasteiger partial charge in [-0.2, -0.15) is 0 Å². The minimum absolute atomic E-state index is 0.212. The first-order valence-electron chi connectivity index (χ1n) is 6.74. The number of rotatable bonds is 5. The van der Waals surface area contributed by atoms with Gasteiger partial charge in [0.1, 0.15) is 5.75 Å². The molecular weight excluding hydrogens is 316 g/mol. The second kappa shape index (κ2) is 6.72. The third-order valence-electron chi connectivity index (χ3n) is 2.93. The highest BCUT2D eigenvalue weighted by molar-refractivity contribution is 7.16. The molecule has 1 N–H and O–H groups in total. The molecule has 2 aromatic heterocycles. The second-order valence-corrected chi connectivity index (χ2v) is 6.38. The van der Waals surface area contributed by atoms with Gasteiger partial charge in [0.05, 0.1) is 10.6 Å². The molecule has 3 rings (SSSR count). The first-order valence-corrected chi connectivity index (χ1v) is 8.50. The zero-order chi connectivity index (χ0) is 15.4. The summed E-state index contributed by atoms with van der Waals surface area (Å²) in [6.45, 7) is 1.72. The molecule has 0 fully saturated rings. The minimum Gasteiger partial charge on any atom is -0.481 e. The van der Waals surface area contributed by atoms with Crippen molar-refractivity contribution in [3.8, 4) is 16.3 Å². The number of anilines is 1. The highest BCUT2D eigenvalue weighted by atomic mass is 32.1. The van der Waals surface area contributed by atoms with E-state index in [0.717, 1.165) is 10.6 Å². The summed E-state index contributed by atoms with van der Waals surface area (Å²) in [5.41, 5.74) is 0.881. The molecule has 1 atom stereocenters. The third kappa shape index (κ3) is 3.52. The van der Waals surface area contributed by atoms with Gasteiger partial charge in [0.25, 0.3) is 5.91 Å². The molecule has 0 aliphatic heterocycles. The van der Waals surface area contributed by atoms with Gasteiger partial charge in [0.15, 0.2) is 11.2 Å². The van der Waals surface area contributed by atoms with Crippen LogP contribution in [0.4, 0.5) is 5.13 Å². The van der Waals surface area contributed by atoms with E-state index in [2.05, 4.69) is 10.3 Å². The molecule has 1 amide bonds. The van der Waals surface area contributed by atoms with Gasteiger partial charge in [-0.3, -0.25) is 10.1 Å². The number of nitrogens with zero attached hydrogens (tertiary/aromatic N) is 1. The molecule has 4 nitrogen and oxygen atoms in total. The van der Waals surface area contributed by atoms with E-state index in [9.17, 15) is 4.79 Å². The van der Waals surface area contributed by atoms with Gasteiger partial charge in [-0.15, -0.1) is 22.7 Å². The molecular formula is C16H14N2O2S2. The normalized spacial score (nSPS) is 11.9. The zero-order valence-corrected chi connectivity index (χ0v) is 13.5. The number of para-hydroxylation sites is 1. The molecule has 0 radical (unpaired) electrons. The highest BCUT2D eigenvalue weighted by Gasteiger charge is 2.16. The Labute approximate surface area is 136 Å². The Bertz CT molecular complexity index is 739. The average Bonchev–Trinajstić information content (AvgIpc) is 3.19. The van der Waals surface area contributed by atoms with E-state index < -0.39 is 6.10 Å². The van der Waals surface area contributed by atoms with Gasteiger partial charge in [-0.1, -0.05) is 24.3 Å². The van der Waals surface area contributed by atoms with Crippen LogP contribution in [0.3, 0.4) is 0 Å². The van der Waals surface area contributed by atoms with Gasteiger partial charge in [0.2, 0.25) is 0 Å². The first kappa shape index (κ1) is 14.7. The van der Waals surface area contributed by atoms with Crippen LogP contribution in [0.5, 0.6) is 5.75 Å². The first-order chi connectivity index (χ1) is 10.7. The van der Waals surface area contributed by atoms with Crippen LogP contribution < -0.4 is 10.1 Å². The minimum atomic E-state index is -0.587. The van der Waals surface area contributed by atoms with Crippen molar-refractivity contribution in [3.63, 3.8) is 0 Å². The quantitative estimate of drug-likeness (QED) is 0.760. The standard InChI is InChI=1S/C16H14N2O2S2/c1-11(20-12-6-3-2-4-7-12)15(19)18-16-17-13(10-22-16)14-8-5-9-21-14/h2-11H,1H3,(H,17,18,19)/t11-/m0/s1. The van der Waals surface area contributed by atoms with Crippen molar-refractivity contribution in [3.05, 3.63) is 53.2 Å². The van der Waals surface area contributed by atoms with E-state index in [1.165, 1.54) is 11.3 Å². The molecule has 0 saturated heterocycles. The van der Waals surface area contributed by atoms with Crippen molar-refractivity contribution in [2.45, 2.75) is 13.0 Å². The van der Waals surface area contributed by atoms with E-state index in [1.807, 2.05) is 53.2 Å². The van der Waals surface area contributed by atoms with Crippen LogP contribution in [0.25, 0.3) is 10.6 Å². The van der Waals surface area contributed by atoms with Crippen molar-refractivity contribution >= 4 is 33.7 Å². The molecule has 0 aliphatic rings. The monoisotopic (exact) mass is 330 g/mol. The SMILES string of the molecule is C[C@H](Oc1ccccc1)C(=O)Nc1nc(-c2cccs2)cs1. The number of aromatic nitrogens is 1. The number of hydrogen-bond acceptors (Lipinski definition) is 5. The van der Waals surface area contributed by atoms with Crippen molar-refractivity contribution in [2.24, 2.45) is 0 Å². The van der Waals surface area contributed by atoms with Crippen molar-refractivity contribution in [1.82, 2.24) is 4.98 Å². The lowest BCUT2D eigenvalue weighted by atomic mass is 10.3. The van der Waals surface area contributed by atoms with Gasteiger partial charge in [-0.05, 0) is 30.5 Å². The van der Waals surface area contributed by atoms with Crippen LogP contribution >= 0.6 is 22.7 Å². The molecule has 0 spiro atoms. The van der Waals surface area contributed by atoms with Gasteiger partial charge >= 0.3 is 0 Å². The van der Waals surface area contributed by atoms with Crippen LogP contribution in [0.2, 0.25) is 0 Å². The summed E-state index contributed by atoms with van der Waals surface area (Å²) in [6, 6.07) is 13.3. The Morgan fingerprint density at radius 2 is 2.00 bits per heavy atom. The number of thiazole rings is 1.